The first-order valence-corrected chi connectivity index (χ1v) is 6.81. The van der Waals surface area contributed by atoms with Crippen LogP contribution in [0.4, 0.5) is 5.69 Å². The topological polar surface area (TPSA) is 61.6 Å². The quantitative estimate of drug-likeness (QED) is 0.450. The van der Waals surface area contributed by atoms with Crippen molar-refractivity contribution in [1.29, 1.82) is 0 Å². The van der Waals surface area contributed by atoms with E-state index in [0.29, 0.717) is 22.1 Å². The molecular weight excluding hydrogens is 317 g/mol. The first-order valence-electron chi connectivity index (χ1n) is 5.90. The third-order valence-corrected chi connectivity index (χ3v) is 3.35. The van der Waals surface area contributed by atoms with Gasteiger partial charge in [0.15, 0.2) is 5.75 Å². The lowest BCUT2D eigenvalue weighted by atomic mass is 10.2. The summed E-state index contributed by atoms with van der Waals surface area (Å²) in [6.07, 6.45) is 0. The van der Waals surface area contributed by atoms with Crippen LogP contribution in [0.2, 0.25) is 5.02 Å². The molecule has 0 aromatic heterocycles. The predicted octanol–water partition coefficient (Wildman–Crippen LogP) is 4.79. The van der Waals surface area contributed by atoms with Crippen LogP contribution in [0, 0.1) is 10.1 Å². The molecule has 0 N–H and O–H groups in total. The molecule has 0 heterocycles. The summed E-state index contributed by atoms with van der Waals surface area (Å²) in [5.41, 5.74) is 0.456. The molecule has 0 radical (unpaired) electrons. The maximum Gasteiger partial charge on any atom is 0.311 e. The number of nitro groups is 1. The molecule has 110 valence electrons. The fourth-order valence-corrected chi connectivity index (χ4v) is 2.18. The maximum atomic E-state index is 11.1. The summed E-state index contributed by atoms with van der Waals surface area (Å²) in [6.45, 7) is 0. The van der Waals surface area contributed by atoms with Gasteiger partial charge in [-0.2, -0.15) is 0 Å². The highest BCUT2D eigenvalue weighted by Gasteiger charge is 2.19. The van der Waals surface area contributed by atoms with Crippen LogP contribution in [0.25, 0.3) is 0 Å². The Kier molecular flexibility index (Phi) is 4.88. The van der Waals surface area contributed by atoms with Crippen LogP contribution in [-0.2, 0) is 5.88 Å². The Morgan fingerprint density at radius 2 is 2.05 bits per heavy atom. The van der Waals surface area contributed by atoms with Crippen molar-refractivity contribution < 1.29 is 14.4 Å². The van der Waals surface area contributed by atoms with Crippen molar-refractivity contribution >= 4 is 28.9 Å². The standard InChI is InChI=1S/C14H11Cl2NO4/c1-20-10-5-6-12(17(18)19)13(7-10)21-14-9(8-15)3-2-4-11(14)16/h2-7H,8H2,1H3. The number of rotatable bonds is 5. The van der Waals surface area contributed by atoms with Gasteiger partial charge in [-0.15, -0.1) is 11.6 Å². The van der Waals surface area contributed by atoms with Crippen molar-refractivity contribution in [3.8, 4) is 17.2 Å². The maximum absolute atomic E-state index is 11.1. The summed E-state index contributed by atoms with van der Waals surface area (Å²) in [5.74, 6) is 0.951. The van der Waals surface area contributed by atoms with Gasteiger partial charge < -0.3 is 9.47 Å². The van der Waals surface area contributed by atoms with Gasteiger partial charge in [-0.25, -0.2) is 0 Å². The highest BCUT2D eigenvalue weighted by atomic mass is 35.5. The number of halogens is 2. The number of alkyl halides is 1. The number of para-hydroxylation sites is 1. The lowest BCUT2D eigenvalue weighted by molar-refractivity contribution is -0.385. The van der Waals surface area contributed by atoms with Gasteiger partial charge in [0, 0.05) is 17.7 Å². The first-order chi connectivity index (χ1) is 10.1. The summed E-state index contributed by atoms with van der Waals surface area (Å²) in [6, 6.07) is 9.32. The van der Waals surface area contributed by atoms with E-state index in [1.54, 1.807) is 18.2 Å². The van der Waals surface area contributed by atoms with E-state index >= 15 is 0 Å². The van der Waals surface area contributed by atoms with Crippen molar-refractivity contribution in [1.82, 2.24) is 0 Å². The summed E-state index contributed by atoms with van der Waals surface area (Å²) in [5, 5.41) is 11.4. The molecule has 2 aromatic carbocycles. The Morgan fingerprint density at radius 3 is 2.67 bits per heavy atom. The Hall–Kier alpha value is -1.98. The Labute approximate surface area is 131 Å². The van der Waals surface area contributed by atoms with Crippen molar-refractivity contribution in [3.05, 3.63) is 57.1 Å². The zero-order valence-electron chi connectivity index (χ0n) is 11.0. The van der Waals surface area contributed by atoms with Crippen LogP contribution < -0.4 is 9.47 Å². The summed E-state index contributed by atoms with van der Waals surface area (Å²) in [4.78, 5) is 10.5. The molecule has 0 fully saturated rings. The molecule has 0 amide bonds. The molecule has 21 heavy (non-hydrogen) atoms. The second-order valence-corrected chi connectivity index (χ2v) is 4.73. The van der Waals surface area contributed by atoms with E-state index in [4.69, 9.17) is 32.7 Å². The SMILES string of the molecule is COc1ccc([N+](=O)[O-])c(Oc2c(Cl)cccc2CCl)c1. The van der Waals surface area contributed by atoms with E-state index in [-0.39, 0.29) is 17.3 Å². The zero-order chi connectivity index (χ0) is 15.4. The molecule has 5 nitrogen and oxygen atoms in total. The van der Waals surface area contributed by atoms with E-state index in [1.165, 1.54) is 25.3 Å². The average Bonchev–Trinajstić information content (AvgIpc) is 2.48. The van der Waals surface area contributed by atoms with Crippen LogP contribution in [0.5, 0.6) is 17.2 Å². The molecule has 2 aromatic rings. The van der Waals surface area contributed by atoms with E-state index in [1.807, 2.05) is 0 Å². The number of nitro benzene ring substituents is 1. The third-order valence-electron chi connectivity index (χ3n) is 2.77. The lowest BCUT2D eigenvalue weighted by Gasteiger charge is -2.12. The Bertz CT molecular complexity index is 676. The van der Waals surface area contributed by atoms with Crippen LogP contribution >= 0.6 is 23.2 Å². The van der Waals surface area contributed by atoms with Gasteiger partial charge in [-0.05, 0) is 12.1 Å². The van der Waals surface area contributed by atoms with E-state index in [2.05, 4.69) is 0 Å². The number of hydrogen-bond acceptors (Lipinski definition) is 4. The lowest BCUT2D eigenvalue weighted by Crippen LogP contribution is -1.96. The zero-order valence-corrected chi connectivity index (χ0v) is 12.5. The Morgan fingerprint density at radius 1 is 1.29 bits per heavy atom. The number of methoxy groups -OCH3 is 1. The first kappa shape index (κ1) is 15.4. The number of benzene rings is 2. The van der Waals surface area contributed by atoms with Crippen molar-refractivity contribution in [2.24, 2.45) is 0 Å². The van der Waals surface area contributed by atoms with Crippen LogP contribution in [0.3, 0.4) is 0 Å². The van der Waals surface area contributed by atoms with Gasteiger partial charge in [0.25, 0.3) is 0 Å². The number of hydrogen-bond donors (Lipinski definition) is 0. The second kappa shape index (κ2) is 6.65. The van der Waals surface area contributed by atoms with Gasteiger partial charge in [0.05, 0.1) is 22.9 Å². The summed E-state index contributed by atoms with van der Waals surface area (Å²) >= 11 is 11.9. The van der Waals surface area contributed by atoms with Gasteiger partial charge >= 0.3 is 5.69 Å². The minimum Gasteiger partial charge on any atom is -0.497 e. The smallest absolute Gasteiger partial charge is 0.311 e. The minimum absolute atomic E-state index is 0.0406. The molecule has 0 aliphatic heterocycles. The van der Waals surface area contributed by atoms with Gasteiger partial charge in [-0.3, -0.25) is 10.1 Å². The van der Waals surface area contributed by atoms with Crippen LogP contribution in [0.1, 0.15) is 5.56 Å². The molecular formula is C14H11Cl2NO4. The van der Waals surface area contributed by atoms with E-state index < -0.39 is 4.92 Å². The molecule has 0 spiro atoms. The Balaban J connectivity index is 2.50. The molecule has 0 unspecified atom stereocenters. The van der Waals surface area contributed by atoms with Crippen LogP contribution in [0.15, 0.2) is 36.4 Å². The van der Waals surface area contributed by atoms with Gasteiger partial charge in [-0.1, -0.05) is 23.7 Å². The van der Waals surface area contributed by atoms with E-state index in [0.717, 1.165) is 0 Å². The predicted molar refractivity (Wildman–Crippen MR) is 80.7 cm³/mol. The number of ether oxygens (including phenoxy) is 2. The highest BCUT2D eigenvalue weighted by molar-refractivity contribution is 6.32. The van der Waals surface area contributed by atoms with Crippen LogP contribution in [-0.4, -0.2) is 12.0 Å². The van der Waals surface area contributed by atoms with Crippen molar-refractivity contribution in [3.63, 3.8) is 0 Å². The molecule has 0 atom stereocenters. The monoisotopic (exact) mass is 327 g/mol. The van der Waals surface area contributed by atoms with E-state index in [9.17, 15) is 10.1 Å². The van der Waals surface area contributed by atoms with Crippen molar-refractivity contribution in [2.75, 3.05) is 7.11 Å². The summed E-state index contributed by atoms with van der Waals surface area (Å²) in [7, 11) is 1.46. The molecule has 2 rings (SSSR count). The molecule has 0 saturated carbocycles. The summed E-state index contributed by atoms with van der Waals surface area (Å²) < 4.78 is 10.7. The normalized spacial score (nSPS) is 10.2. The average molecular weight is 328 g/mol. The molecule has 0 saturated heterocycles. The highest BCUT2D eigenvalue weighted by Crippen LogP contribution is 2.39. The fourth-order valence-electron chi connectivity index (χ4n) is 1.74. The molecule has 0 aliphatic rings. The minimum atomic E-state index is -0.536. The number of nitrogens with zero attached hydrogens (tertiary/aromatic N) is 1. The third kappa shape index (κ3) is 3.37. The molecule has 7 heteroatoms. The fraction of sp³-hybridized carbons (Fsp3) is 0.143. The largest absolute Gasteiger partial charge is 0.497 e. The molecule has 0 bridgehead atoms. The van der Waals surface area contributed by atoms with Gasteiger partial charge in [0.1, 0.15) is 5.75 Å². The second-order valence-electron chi connectivity index (χ2n) is 4.05. The molecule has 0 aliphatic carbocycles. The van der Waals surface area contributed by atoms with Gasteiger partial charge in [0.2, 0.25) is 5.75 Å². The van der Waals surface area contributed by atoms with Crippen molar-refractivity contribution in [2.45, 2.75) is 5.88 Å².